The van der Waals surface area contributed by atoms with Gasteiger partial charge >= 0.3 is 0 Å². The Morgan fingerprint density at radius 2 is 1.84 bits per heavy atom. The number of carbonyl (C=O) groups excluding carboxylic acids is 1. The maximum Gasteiger partial charge on any atom is 0.251 e. The van der Waals surface area contributed by atoms with Gasteiger partial charge in [0.1, 0.15) is 0 Å². The fraction of sp³-hybridized carbons (Fsp3) is 0.250. The third-order valence-electron chi connectivity index (χ3n) is 3.15. The molecule has 2 aromatic rings. The first-order chi connectivity index (χ1) is 9.10. The fourth-order valence-corrected chi connectivity index (χ4v) is 1.91. The van der Waals surface area contributed by atoms with Gasteiger partial charge in [-0.2, -0.15) is 0 Å². The van der Waals surface area contributed by atoms with Crippen molar-refractivity contribution < 1.29 is 4.79 Å². The summed E-state index contributed by atoms with van der Waals surface area (Å²) in [6.45, 7) is 4.02. The SMILES string of the molecule is CCc1ccc(C(=O)Cn2ccc(C)cc2=O)cc1. The van der Waals surface area contributed by atoms with Gasteiger partial charge in [-0.1, -0.05) is 31.2 Å². The van der Waals surface area contributed by atoms with Crippen LogP contribution in [0.25, 0.3) is 0 Å². The van der Waals surface area contributed by atoms with Gasteiger partial charge in [0.15, 0.2) is 5.78 Å². The molecule has 0 unspecified atom stereocenters. The van der Waals surface area contributed by atoms with Crippen molar-refractivity contribution in [3.63, 3.8) is 0 Å². The van der Waals surface area contributed by atoms with Gasteiger partial charge < -0.3 is 4.57 Å². The molecular weight excluding hydrogens is 238 g/mol. The van der Waals surface area contributed by atoms with Gasteiger partial charge in [0, 0.05) is 17.8 Å². The minimum Gasteiger partial charge on any atom is -0.308 e. The molecule has 0 aliphatic carbocycles. The molecule has 0 N–H and O–H groups in total. The molecule has 98 valence electrons. The second-order valence-corrected chi connectivity index (χ2v) is 4.64. The van der Waals surface area contributed by atoms with Crippen molar-refractivity contribution in [3.8, 4) is 0 Å². The Morgan fingerprint density at radius 1 is 1.16 bits per heavy atom. The van der Waals surface area contributed by atoms with E-state index < -0.39 is 0 Å². The predicted octanol–water partition coefficient (Wildman–Crippen LogP) is 2.60. The largest absolute Gasteiger partial charge is 0.308 e. The minimum absolute atomic E-state index is 0.0476. The molecule has 0 atom stereocenters. The van der Waals surface area contributed by atoms with E-state index >= 15 is 0 Å². The average molecular weight is 255 g/mol. The van der Waals surface area contributed by atoms with E-state index in [4.69, 9.17) is 0 Å². The molecule has 0 fully saturated rings. The molecule has 1 aromatic heterocycles. The van der Waals surface area contributed by atoms with Crippen LogP contribution in [0.1, 0.15) is 28.4 Å². The zero-order chi connectivity index (χ0) is 13.8. The third-order valence-corrected chi connectivity index (χ3v) is 3.15. The topological polar surface area (TPSA) is 39.1 Å². The summed E-state index contributed by atoms with van der Waals surface area (Å²) in [4.78, 5) is 23.8. The Bertz CT molecular complexity index is 639. The number of aryl methyl sites for hydroxylation is 2. The molecule has 0 saturated heterocycles. The van der Waals surface area contributed by atoms with Crippen LogP contribution in [0.15, 0.2) is 47.4 Å². The quantitative estimate of drug-likeness (QED) is 0.788. The molecule has 0 radical (unpaired) electrons. The number of pyridine rings is 1. The Morgan fingerprint density at radius 3 is 2.42 bits per heavy atom. The van der Waals surface area contributed by atoms with Crippen LogP contribution in [0.4, 0.5) is 0 Å². The van der Waals surface area contributed by atoms with E-state index in [-0.39, 0.29) is 17.9 Å². The van der Waals surface area contributed by atoms with Crippen LogP contribution in [0.5, 0.6) is 0 Å². The van der Waals surface area contributed by atoms with Crippen molar-refractivity contribution in [2.45, 2.75) is 26.8 Å². The lowest BCUT2D eigenvalue weighted by Gasteiger charge is -2.06. The number of nitrogens with zero attached hydrogens (tertiary/aromatic N) is 1. The Balaban J connectivity index is 2.18. The minimum atomic E-state index is -0.140. The van der Waals surface area contributed by atoms with Crippen molar-refractivity contribution in [1.82, 2.24) is 4.57 Å². The first kappa shape index (κ1) is 13.3. The molecule has 0 spiro atoms. The predicted molar refractivity (Wildman–Crippen MR) is 75.6 cm³/mol. The van der Waals surface area contributed by atoms with Gasteiger partial charge in [-0.05, 0) is 30.5 Å². The van der Waals surface area contributed by atoms with E-state index in [9.17, 15) is 9.59 Å². The van der Waals surface area contributed by atoms with Crippen LogP contribution in [0, 0.1) is 6.92 Å². The number of Topliss-reactive ketones (excluding diaryl/α,β-unsaturated/α-hetero) is 1. The van der Waals surface area contributed by atoms with E-state index in [0.29, 0.717) is 5.56 Å². The number of benzene rings is 1. The van der Waals surface area contributed by atoms with Gasteiger partial charge in [-0.25, -0.2) is 0 Å². The zero-order valence-electron chi connectivity index (χ0n) is 11.2. The van der Waals surface area contributed by atoms with Crippen LogP contribution in [-0.4, -0.2) is 10.4 Å². The number of rotatable bonds is 4. The summed E-state index contributed by atoms with van der Waals surface area (Å²) < 4.78 is 1.43. The Labute approximate surface area is 112 Å². The Kier molecular flexibility index (Phi) is 3.95. The van der Waals surface area contributed by atoms with Crippen LogP contribution < -0.4 is 5.56 Å². The molecule has 19 heavy (non-hydrogen) atoms. The van der Waals surface area contributed by atoms with Crippen molar-refractivity contribution in [1.29, 1.82) is 0 Å². The fourth-order valence-electron chi connectivity index (χ4n) is 1.91. The standard InChI is InChI=1S/C16H17NO2/c1-3-13-4-6-14(7-5-13)15(18)11-17-9-8-12(2)10-16(17)19/h4-10H,3,11H2,1-2H3. The number of carbonyl (C=O) groups is 1. The van der Waals surface area contributed by atoms with Crippen molar-refractivity contribution in [3.05, 3.63) is 69.6 Å². The molecule has 0 amide bonds. The average Bonchev–Trinajstić information content (AvgIpc) is 2.42. The maximum atomic E-state index is 12.1. The van der Waals surface area contributed by atoms with Crippen molar-refractivity contribution >= 4 is 5.78 Å². The second-order valence-electron chi connectivity index (χ2n) is 4.64. The third kappa shape index (κ3) is 3.19. The van der Waals surface area contributed by atoms with E-state index in [0.717, 1.165) is 12.0 Å². The highest BCUT2D eigenvalue weighted by atomic mass is 16.1. The zero-order valence-corrected chi connectivity index (χ0v) is 11.2. The van der Waals surface area contributed by atoms with Gasteiger partial charge in [-0.3, -0.25) is 9.59 Å². The van der Waals surface area contributed by atoms with E-state index in [1.165, 1.54) is 16.2 Å². The summed E-state index contributed by atoms with van der Waals surface area (Å²) in [6, 6.07) is 10.9. The highest BCUT2D eigenvalue weighted by molar-refractivity contribution is 5.95. The molecule has 0 saturated carbocycles. The smallest absolute Gasteiger partial charge is 0.251 e. The first-order valence-electron chi connectivity index (χ1n) is 6.39. The summed E-state index contributed by atoms with van der Waals surface area (Å²) in [5.74, 6) is -0.0476. The summed E-state index contributed by atoms with van der Waals surface area (Å²) in [7, 11) is 0. The normalized spacial score (nSPS) is 10.4. The molecule has 1 aromatic carbocycles. The highest BCUT2D eigenvalue weighted by Gasteiger charge is 2.07. The first-order valence-corrected chi connectivity index (χ1v) is 6.39. The summed E-state index contributed by atoms with van der Waals surface area (Å²) in [5, 5.41) is 0. The van der Waals surface area contributed by atoms with Gasteiger partial charge in [-0.15, -0.1) is 0 Å². The van der Waals surface area contributed by atoms with Crippen LogP contribution in [0.3, 0.4) is 0 Å². The van der Waals surface area contributed by atoms with E-state index in [1.54, 1.807) is 6.20 Å². The highest BCUT2D eigenvalue weighted by Crippen LogP contribution is 2.06. The van der Waals surface area contributed by atoms with Crippen LogP contribution >= 0.6 is 0 Å². The lowest BCUT2D eigenvalue weighted by atomic mass is 10.1. The number of ketones is 1. The van der Waals surface area contributed by atoms with Gasteiger partial charge in [0.2, 0.25) is 0 Å². The lowest BCUT2D eigenvalue weighted by molar-refractivity contribution is 0.0971. The van der Waals surface area contributed by atoms with E-state index in [2.05, 4.69) is 6.92 Å². The van der Waals surface area contributed by atoms with Crippen LogP contribution in [0.2, 0.25) is 0 Å². The van der Waals surface area contributed by atoms with E-state index in [1.807, 2.05) is 37.3 Å². The molecule has 1 heterocycles. The number of hydrogen-bond donors (Lipinski definition) is 0. The van der Waals surface area contributed by atoms with Crippen LogP contribution in [-0.2, 0) is 13.0 Å². The Hall–Kier alpha value is -2.16. The van der Waals surface area contributed by atoms with Gasteiger partial charge in [0.05, 0.1) is 6.54 Å². The molecule has 3 nitrogen and oxygen atoms in total. The number of hydrogen-bond acceptors (Lipinski definition) is 2. The summed E-state index contributed by atoms with van der Waals surface area (Å²) in [6.07, 6.45) is 2.61. The second kappa shape index (κ2) is 5.65. The number of aromatic nitrogens is 1. The van der Waals surface area contributed by atoms with Crippen molar-refractivity contribution in [2.75, 3.05) is 0 Å². The lowest BCUT2D eigenvalue weighted by Crippen LogP contribution is -2.23. The summed E-state index contributed by atoms with van der Waals surface area (Å²) in [5.41, 5.74) is 2.60. The molecule has 2 rings (SSSR count). The molecule has 3 heteroatoms. The van der Waals surface area contributed by atoms with Crippen molar-refractivity contribution in [2.24, 2.45) is 0 Å². The molecular formula is C16H17NO2. The van der Waals surface area contributed by atoms with Gasteiger partial charge in [0.25, 0.3) is 5.56 Å². The molecule has 0 aliphatic rings. The molecule has 0 bridgehead atoms. The monoisotopic (exact) mass is 255 g/mol. The summed E-state index contributed by atoms with van der Waals surface area (Å²) >= 11 is 0. The maximum absolute atomic E-state index is 12.1. The molecule has 0 aliphatic heterocycles.